The molecule has 1 aliphatic heterocycles. The molecule has 1 aliphatic rings. The first kappa shape index (κ1) is 15.9. The van der Waals surface area contributed by atoms with Crippen LogP contribution in [0.5, 0.6) is 0 Å². The second kappa shape index (κ2) is 7.03. The van der Waals surface area contributed by atoms with E-state index in [1.807, 2.05) is 18.2 Å². The lowest BCUT2D eigenvalue weighted by Crippen LogP contribution is -2.16. The van der Waals surface area contributed by atoms with E-state index in [-0.39, 0.29) is 11.1 Å². The van der Waals surface area contributed by atoms with Crippen LogP contribution in [0.1, 0.15) is 28.9 Å². The van der Waals surface area contributed by atoms with E-state index in [1.54, 1.807) is 11.8 Å². The van der Waals surface area contributed by atoms with Crippen LogP contribution in [0, 0.1) is 5.82 Å². The molecule has 0 spiro atoms. The van der Waals surface area contributed by atoms with Gasteiger partial charge in [-0.3, -0.25) is 0 Å². The van der Waals surface area contributed by atoms with Crippen LogP contribution in [0.2, 0.25) is 5.02 Å². The minimum absolute atomic E-state index is 0.196. The van der Waals surface area contributed by atoms with Crippen molar-refractivity contribution in [2.75, 3.05) is 13.1 Å². The van der Waals surface area contributed by atoms with Crippen LogP contribution in [-0.4, -0.2) is 13.1 Å². The molecule has 0 radical (unpaired) electrons. The molecule has 4 heteroatoms. The van der Waals surface area contributed by atoms with Gasteiger partial charge in [0.15, 0.2) is 0 Å². The van der Waals surface area contributed by atoms with E-state index in [0.29, 0.717) is 0 Å². The lowest BCUT2D eigenvalue weighted by Gasteiger charge is -2.18. The predicted molar refractivity (Wildman–Crippen MR) is 92.4 cm³/mol. The third-order valence-corrected chi connectivity index (χ3v) is 5.82. The number of hydrogen-bond acceptors (Lipinski definition) is 2. The zero-order valence-electron chi connectivity index (χ0n) is 12.5. The van der Waals surface area contributed by atoms with E-state index in [1.165, 1.54) is 28.2 Å². The van der Waals surface area contributed by atoms with Crippen LogP contribution >= 0.6 is 23.4 Å². The second-order valence-corrected chi connectivity index (χ2v) is 7.33. The average molecular weight is 336 g/mol. The lowest BCUT2D eigenvalue weighted by atomic mass is 10.0. The zero-order valence-corrected chi connectivity index (χ0v) is 14.1. The van der Waals surface area contributed by atoms with Crippen molar-refractivity contribution in [1.29, 1.82) is 0 Å². The van der Waals surface area contributed by atoms with Crippen molar-refractivity contribution in [3.05, 3.63) is 63.9 Å². The second-order valence-electron chi connectivity index (χ2n) is 5.58. The first-order chi connectivity index (χ1) is 10.6. The Morgan fingerprint density at radius 3 is 2.59 bits per heavy atom. The Hall–Kier alpha value is -1.03. The molecule has 0 aliphatic carbocycles. The van der Waals surface area contributed by atoms with Crippen molar-refractivity contribution >= 4 is 23.4 Å². The number of fused-ring (bicyclic) bond motifs is 1. The van der Waals surface area contributed by atoms with Crippen LogP contribution in [0.25, 0.3) is 0 Å². The van der Waals surface area contributed by atoms with Gasteiger partial charge in [0, 0.05) is 10.1 Å². The van der Waals surface area contributed by atoms with Crippen molar-refractivity contribution in [3.8, 4) is 0 Å². The number of halogens is 2. The largest absolute Gasteiger partial charge is 0.316 e. The van der Waals surface area contributed by atoms with E-state index < -0.39 is 0 Å². The standard InChI is InChI=1S/C18H19ClFNS/c1-12(13-2-5-15(20)6-3-13)22-18-16-9-11-21-10-8-14(16)4-7-17(18)19/h2-7,12,21H,8-11H2,1H3. The van der Waals surface area contributed by atoms with Crippen molar-refractivity contribution < 1.29 is 4.39 Å². The molecule has 1 atom stereocenters. The molecule has 1 unspecified atom stereocenters. The van der Waals surface area contributed by atoms with E-state index in [4.69, 9.17) is 11.6 Å². The maximum Gasteiger partial charge on any atom is 0.123 e. The third kappa shape index (κ3) is 3.48. The summed E-state index contributed by atoms with van der Waals surface area (Å²) < 4.78 is 13.1. The lowest BCUT2D eigenvalue weighted by molar-refractivity contribution is 0.627. The van der Waals surface area contributed by atoms with Crippen molar-refractivity contribution in [1.82, 2.24) is 5.32 Å². The Bertz CT molecular complexity index is 657. The van der Waals surface area contributed by atoms with Crippen LogP contribution < -0.4 is 5.32 Å². The van der Waals surface area contributed by atoms with Gasteiger partial charge in [-0.15, -0.1) is 11.8 Å². The van der Waals surface area contributed by atoms with Gasteiger partial charge in [0.25, 0.3) is 0 Å². The van der Waals surface area contributed by atoms with E-state index in [9.17, 15) is 4.39 Å². The Morgan fingerprint density at radius 1 is 1.09 bits per heavy atom. The van der Waals surface area contributed by atoms with Gasteiger partial charge in [-0.05, 0) is 67.7 Å². The van der Waals surface area contributed by atoms with Crippen LogP contribution in [0.3, 0.4) is 0 Å². The summed E-state index contributed by atoms with van der Waals surface area (Å²) in [5.74, 6) is -0.196. The highest BCUT2D eigenvalue weighted by atomic mass is 35.5. The van der Waals surface area contributed by atoms with Gasteiger partial charge in [-0.2, -0.15) is 0 Å². The quantitative estimate of drug-likeness (QED) is 0.790. The highest BCUT2D eigenvalue weighted by molar-refractivity contribution is 7.99. The van der Waals surface area contributed by atoms with Crippen molar-refractivity contribution in [2.45, 2.75) is 29.9 Å². The average Bonchev–Trinajstić information content (AvgIpc) is 2.76. The summed E-state index contributed by atoms with van der Waals surface area (Å²) >= 11 is 8.24. The topological polar surface area (TPSA) is 12.0 Å². The van der Waals surface area contributed by atoms with Gasteiger partial charge in [-0.25, -0.2) is 4.39 Å². The Morgan fingerprint density at radius 2 is 1.82 bits per heavy atom. The molecule has 0 saturated heterocycles. The normalized spacial score (nSPS) is 16.0. The fourth-order valence-corrected chi connectivity index (χ4v) is 4.33. The molecule has 0 fully saturated rings. The molecule has 0 aromatic heterocycles. The fourth-order valence-electron chi connectivity index (χ4n) is 2.82. The van der Waals surface area contributed by atoms with Crippen LogP contribution in [0.4, 0.5) is 4.39 Å². The number of rotatable bonds is 3. The van der Waals surface area contributed by atoms with Gasteiger partial charge in [0.1, 0.15) is 5.82 Å². The Balaban J connectivity index is 1.89. The minimum Gasteiger partial charge on any atom is -0.316 e. The molecule has 3 rings (SSSR count). The van der Waals surface area contributed by atoms with Gasteiger partial charge in [0.05, 0.1) is 5.02 Å². The van der Waals surface area contributed by atoms with Gasteiger partial charge in [0.2, 0.25) is 0 Å². The third-order valence-electron chi connectivity index (χ3n) is 4.07. The first-order valence-corrected chi connectivity index (χ1v) is 8.84. The molecule has 2 aromatic rings. The Labute approximate surface area is 140 Å². The highest BCUT2D eigenvalue weighted by Gasteiger charge is 2.18. The number of hydrogen-bond donors (Lipinski definition) is 1. The van der Waals surface area contributed by atoms with E-state index in [2.05, 4.69) is 18.3 Å². The molecule has 0 bridgehead atoms. The summed E-state index contributed by atoms with van der Waals surface area (Å²) in [7, 11) is 0. The molecule has 2 aromatic carbocycles. The summed E-state index contributed by atoms with van der Waals surface area (Å²) in [5, 5.41) is 4.49. The maximum atomic E-state index is 13.1. The first-order valence-electron chi connectivity index (χ1n) is 7.58. The maximum absolute atomic E-state index is 13.1. The summed E-state index contributed by atoms with van der Waals surface area (Å²) in [5.41, 5.74) is 3.88. The molecule has 1 N–H and O–H groups in total. The van der Waals surface area contributed by atoms with Gasteiger partial charge in [-0.1, -0.05) is 29.8 Å². The highest BCUT2D eigenvalue weighted by Crippen LogP contribution is 2.42. The molecular weight excluding hydrogens is 317 g/mol. The van der Waals surface area contributed by atoms with Crippen LogP contribution in [-0.2, 0) is 12.8 Å². The van der Waals surface area contributed by atoms with E-state index >= 15 is 0 Å². The van der Waals surface area contributed by atoms with E-state index in [0.717, 1.165) is 36.5 Å². The molecule has 116 valence electrons. The summed E-state index contributed by atoms with van der Waals surface area (Å²) in [6.07, 6.45) is 2.05. The zero-order chi connectivity index (χ0) is 15.5. The molecule has 22 heavy (non-hydrogen) atoms. The summed E-state index contributed by atoms with van der Waals surface area (Å²) in [6, 6.07) is 10.9. The molecule has 0 amide bonds. The Kier molecular flexibility index (Phi) is 5.07. The molecule has 0 saturated carbocycles. The van der Waals surface area contributed by atoms with Gasteiger partial charge >= 0.3 is 0 Å². The monoisotopic (exact) mass is 335 g/mol. The summed E-state index contributed by atoms with van der Waals surface area (Å²) in [6.45, 7) is 4.15. The number of thioether (sulfide) groups is 1. The van der Waals surface area contributed by atoms with Crippen molar-refractivity contribution in [3.63, 3.8) is 0 Å². The van der Waals surface area contributed by atoms with Gasteiger partial charge < -0.3 is 5.32 Å². The summed E-state index contributed by atoms with van der Waals surface area (Å²) in [4.78, 5) is 1.18. The molecule has 1 heterocycles. The SMILES string of the molecule is CC(Sc1c(Cl)ccc2c1CCNCC2)c1ccc(F)cc1. The number of benzene rings is 2. The molecular formula is C18H19ClFNS. The fraction of sp³-hybridized carbons (Fsp3) is 0.333. The smallest absolute Gasteiger partial charge is 0.123 e. The minimum atomic E-state index is -0.196. The van der Waals surface area contributed by atoms with Crippen molar-refractivity contribution in [2.24, 2.45) is 0 Å². The van der Waals surface area contributed by atoms with Crippen LogP contribution in [0.15, 0.2) is 41.3 Å². The molecule has 1 nitrogen and oxygen atoms in total. The predicted octanol–water partition coefficient (Wildman–Crippen LogP) is 5.02. The number of nitrogens with one attached hydrogen (secondary N) is 1.